The van der Waals surface area contributed by atoms with Crippen molar-refractivity contribution in [2.24, 2.45) is 27.1 Å². The molecule has 0 atom stereocenters. The number of carboxylic acid groups (broad SMARTS) is 1. The first kappa shape index (κ1) is 21.9. The van der Waals surface area contributed by atoms with Gasteiger partial charge in [-0.05, 0) is 13.8 Å². The van der Waals surface area contributed by atoms with Gasteiger partial charge in [0.15, 0.2) is 6.67 Å². The fourth-order valence-corrected chi connectivity index (χ4v) is 0.538. The second-order valence-corrected chi connectivity index (χ2v) is 7.08. The van der Waals surface area contributed by atoms with Gasteiger partial charge < -0.3 is 5.11 Å². The molecule has 0 aromatic rings. The number of azo groups is 1. The van der Waals surface area contributed by atoms with E-state index in [0.717, 1.165) is 5.84 Å². The molecule has 124 valence electrons. The molecule has 0 fully saturated rings. The Morgan fingerprint density at radius 2 is 1.52 bits per heavy atom. The number of aliphatic carboxylic acids is 1. The summed E-state index contributed by atoms with van der Waals surface area (Å²) in [7, 11) is -3.74. The molecule has 8 nitrogen and oxygen atoms in total. The average Bonchev–Trinajstić information content (AvgIpc) is 2.82. The van der Waals surface area contributed by atoms with Crippen LogP contribution in [0.25, 0.3) is 0 Å². The lowest BCUT2D eigenvalue weighted by Crippen LogP contribution is -2.10. The average molecular weight is 323 g/mol. The molecular weight excluding hydrogens is 298 g/mol. The Kier molecular flexibility index (Phi) is 10.9. The van der Waals surface area contributed by atoms with Gasteiger partial charge >= 0.3 is 5.97 Å². The molecule has 0 saturated heterocycles. The number of hydrogen-bond donors (Lipinski definition) is 2. The van der Waals surface area contributed by atoms with E-state index in [0.29, 0.717) is 12.6 Å². The fraction of sp³-hybridized carbons (Fsp3) is 0.833. The summed E-state index contributed by atoms with van der Waals surface area (Å²) in [5, 5.41) is 14.8. The number of nitrogens with zero attached hydrogens (tertiary/aromatic N) is 3. The van der Waals surface area contributed by atoms with E-state index in [-0.39, 0.29) is 5.92 Å². The zero-order valence-corrected chi connectivity index (χ0v) is 14.1. The van der Waals surface area contributed by atoms with Crippen LogP contribution in [0.4, 0.5) is 0 Å². The summed E-state index contributed by atoms with van der Waals surface area (Å²) in [6.45, 7) is 10.8. The molecule has 1 heterocycles. The Morgan fingerprint density at radius 1 is 1.14 bits per heavy atom. The third kappa shape index (κ3) is 13.4. The highest BCUT2D eigenvalue weighted by Gasteiger charge is 2.08. The molecule has 0 bridgehead atoms. The van der Waals surface area contributed by atoms with Crippen LogP contribution in [0, 0.1) is 11.8 Å². The van der Waals surface area contributed by atoms with E-state index in [4.69, 9.17) is 9.66 Å². The summed E-state index contributed by atoms with van der Waals surface area (Å²) in [5.74, 6) is 0.339. The van der Waals surface area contributed by atoms with Crippen molar-refractivity contribution >= 4 is 21.9 Å². The fourth-order valence-electron chi connectivity index (χ4n) is 0.538. The summed E-state index contributed by atoms with van der Waals surface area (Å²) in [4.78, 5) is 13.7. The summed E-state index contributed by atoms with van der Waals surface area (Å²) in [5.41, 5.74) is 0. The van der Waals surface area contributed by atoms with E-state index in [1.165, 1.54) is 13.8 Å². The molecule has 9 heteroatoms. The van der Waals surface area contributed by atoms with E-state index >= 15 is 0 Å². The lowest BCUT2D eigenvalue weighted by molar-refractivity contribution is -0.140. The molecule has 1 rings (SSSR count). The summed E-state index contributed by atoms with van der Waals surface area (Å²) in [6, 6.07) is 0. The van der Waals surface area contributed by atoms with Gasteiger partial charge in [-0.1, -0.05) is 27.7 Å². The van der Waals surface area contributed by atoms with Crippen LogP contribution in [0.1, 0.15) is 41.5 Å². The van der Waals surface area contributed by atoms with E-state index in [2.05, 4.69) is 29.1 Å². The van der Waals surface area contributed by atoms with Gasteiger partial charge in [-0.3, -0.25) is 9.35 Å². The monoisotopic (exact) mass is 323 g/mol. The molecule has 1 aliphatic heterocycles. The first-order valence-corrected chi connectivity index (χ1v) is 8.00. The summed E-state index contributed by atoms with van der Waals surface area (Å²) in [6.07, 6.45) is 0. The first-order chi connectivity index (χ1) is 9.39. The first-order valence-electron chi connectivity index (χ1n) is 6.50. The Balaban J connectivity index is 0. The molecule has 0 amide bonds. The van der Waals surface area contributed by atoms with E-state index in [1.807, 2.05) is 0 Å². The van der Waals surface area contributed by atoms with Crippen molar-refractivity contribution in [1.82, 2.24) is 0 Å². The normalized spacial score (nSPS) is 13.5. The van der Waals surface area contributed by atoms with Crippen LogP contribution in [0.2, 0.25) is 0 Å². The number of amidine groups is 1. The van der Waals surface area contributed by atoms with Gasteiger partial charge in [0, 0.05) is 5.92 Å². The predicted octanol–water partition coefficient (Wildman–Crippen LogP) is 2.47. The lowest BCUT2D eigenvalue weighted by atomic mass is 10.2. The third-order valence-electron chi connectivity index (χ3n) is 2.08. The van der Waals surface area contributed by atoms with Crippen molar-refractivity contribution in [1.29, 1.82) is 0 Å². The van der Waals surface area contributed by atoms with Crippen molar-refractivity contribution in [3.05, 3.63) is 0 Å². The second-order valence-electron chi connectivity index (χ2n) is 5.11. The Hall–Kier alpha value is -1.35. The Morgan fingerprint density at radius 3 is 1.62 bits per heavy atom. The minimum atomic E-state index is -3.74. The van der Waals surface area contributed by atoms with Gasteiger partial charge in [0.25, 0.3) is 10.1 Å². The maximum Gasteiger partial charge on any atom is 0.305 e. The molecular formula is C12H25N3O5S. The minimum absolute atomic E-state index is 0.231. The van der Waals surface area contributed by atoms with Crippen LogP contribution in [0.15, 0.2) is 15.2 Å². The van der Waals surface area contributed by atoms with Gasteiger partial charge in [-0.25, -0.2) is 4.99 Å². The second kappa shape index (κ2) is 10.4. The molecule has 0 saturated carbocycles. The van der Waals surface area contributed by atoms with Gasteiger partial charge in [-0.2, -0.15) is 13.5 Å². The molecule has 21 heavy (non-hydrogen) atoms. The lowest BCUT2D eigenvalue weighted by Gasteiger charge is -1.94. The number of aliphatic imine (C=N–C) groups is 1. The van der Waals surface area contributed by atoms with Gasteiger partial charge in [0.1, 0.15) is 5.84 Å². The van der Waals surface area contributed by atoms with Crippen LogP contribution >= 0.6 is 0 Å². The molecule has 0 unspecified atom stereocenters. The van der Waals surface area contributed by atoms with Crippen molar-refractivity contribution < 1.29 is 22.9 Å². The van der Waals surface area contributed by atoms with Crippen molar-refractivity contribution in [2.75, 3.05) is 6.67 Å². The molecule has 1 aliphatic rings. The molecule has 0 radical (unpaired) electrons. The number of hydrogen-bond acceptors (Lipinski definition) is 6. The maximum atomic E-state index is 9.89. The highest BCUT2D eigenvalue weighted by atomic mass is 32.2. The quantitative estimate of drug-likeness (QED) is 0.771. The van der Waals surface area contributed by atoms with Crippen LogP contribution in [0.5, 0.6) is 0 Å². The van der Waals surface area contributed by atoms with Crippen molar-refractivity contribution in [3.8, 4) is 0 Å². The van der Waals surface area contributed by atoms with E-state index in [9.17, 15) is 13.2 Å². The minimum Gasteiger partial charge on any atom is -0.481 e. The number of carbonyl (C=O) groups is 1. The van der Waals surface area contributed by atoms with Crippen molar-refractivity contribution in [2.45, 2.75) is 46.8 Å². The molecule has 0 aromatic carbocycles. The summed E-state index contributed by atoms with van der Waals surface area (Å²) >= 11 is 0. The van der Waals surface area contributed by atoms with E-state index in [1.54, 1.807) is 13.8 Å². The smallest absolute Gasteiger partial charge is 0.305 e. The van der Waals surface area contributed by atoms with Gasteiger partial charge in [0.05, 0.1) is 11.2 Å². The topological polar surface area (TPSA) is 129 Å². The van der Waals surface area contributed by atoms with Crippen LogP contribution in [0.3, 0.4) is 0 Å². The highest BCUT2D eigenvalue weighted by Crippen LogP contribution is 2.03. The standard InChI is InChI=1S/C5H9N3.C4H8O2.C3H8O3S/c1-4(2)5-6-3-7-8-5;1-3(2)4(5)6;1-3(2)7(4,5)6/h4H,3H2,1-2H3;3H,1-2H3,(H,5,6);3H,1-2H3,(H,4,5,6). The Bertz CT molecular complexity index is 467. The molecule has 2 N–H and O–H groups in total. The van der Waals surface area contributed by atoms with Gasteiger partial charge in [-0.15, -0.1) is 5.11 Å². The predicted molar refractivity (Wildman–Crippen MR) is 81.2 cm³/mol. The van der Waals surface area contributed by atoms with E-state index < -0.39 is 21.3 Å². The highest BCUT2D eigenvalue weighted by molar-refractivity contribution is 7.86. The van der Waals surface area contributed by atoms with Gasteiger partial charge in [0.2, 0.25) is 0 Å². The SMILES string of the molecule is CC(C)C(=O)O.CC(C)C1=NCN=N1.CC(C)S(=O)(=O)O. The largest absolute Gasteiger partial charge is 0.481 e. The molecule has 0 aliphatic carbocycles. The van der Waals surface area contributed by atoms with Crippen molar-refractivity contribution in [3.63, 3.8) is 0 Å². The van der Waals surface area contributed by atoms with Crippen LogP contribution in [-0.2, 0) is 14.9 Å². The van der Waals surface area contributed by atoms with Crippen LogP contribution in [-0.4, -0.2) is 41.8 Å². The maximum absolute atomic E-state index is 9.89. The summed E-state index contributed by atoms with van der Waals surface area (Å²) < 4.78 is 27.8. The molecule has 0 spiro atoms. The molecule has 0 aromatic heterocycles. The zero-order valence-electron chi connectivity index (χ0n) is 13.3. The number of rotatable bonds is 3. The van der Waals surface area contributed by atoms with Crippen LogP contribution < -0.4 is 0 Å². The number of carboxylic acids is 1. The third-order valence-corrected chi connectivity index (χ3v) is 3.27. The zero-order chi connectivity index (χ0) is 17.2. The Labute approximate surface area is 126 Å².